The van der Waals surface area contributed by atoms with Gasteiger partial charge in [0.2, 0.25) is 0 Å². The van der Waals surface area contributed by atoms with Gasteiger partial charge >= 0.3 is 5.97 Å². The normalized spacial score (nSPS) is 11.5. The second kappa shape index (κ2) is 4.72. The van der Waals surface area contributed by atoms with Crippen LogP contribution in [0.15, 0.2) is 30.6 Å². The molecule has 4 nitrogen and oxygen atoms in total. The van der Waals surface area contributed by atoms with Crippen LogP contribution in [0.2, 0.25) is 0 Å². The van der Waals surface area contributed by atoms with Crippen molar-refractivity contribution in [3.8, 4) is 0 Å². The van der Waals surface area contributed by atoms with Crippen LogP contribution in [0.4, 0.5) is 0 Å². The molecule has 4 heteroatoms. The maximum Gasteiger partial charge on any atom is 0.310 e. The number of para-hydroxylation sites is 1. The van der Waals surface area contributed by atoms with Gasteiger partial charge in [-0.25, -0.2) is 0 Å². The molecule has 0 aliphatic carbocycles. The molecule has 2 rings (SSSR count). The van der Waals surface area contributed by atoms with E-state index in [0.29, 0.717) is 0 Å². The van der Waals surface area contributed by atoms with Gasteiger partial charge in [0, 0.05) is 12.4 Å². The quantitative estimate of drug-likeness (QED) is 0.762. The number of nitrogens with zero attached hydrogens (tertiary/aromatic N) is 2. The Labute approximate surface area is 106 Å². The molecular weight excluding hydrogens is 228 g/mol. The number of hydrogen-bond donors (Lipinski definition) is 0. The van der Waals surface area contributed by atoms with Gasteiger partial charge in [0.1, 0.15) is 5.60 Å². The van der Waals surface area contributed by atoms with Crippen molar-refractivity contribution < 1.29 is 9.53 Å². The number of carbonyl (C=O) groups excluding carboxylic acids is 1. The average molecular weight is 244 g/mol. The molecule has 0 fully saturated rings. The van der Waals surface area contributed by atoms with Crippen molar-refractivity contribution in [1.82, 2.24) is 9.97 Å². The number of aromatic nitrogens is 2. The summed E-state index contributed by atoms with van der Waals surface area (Å²) >= 11 is 0. The smallest absolute Gasteiger partial charge is 0.310 e. The summed E-state index contributed by atoms with van der Waals surface area (Å²) in [6.45, 7) is 5.56. The minimum atomic E-state index is -0.465. The number of benzene rings is 1. The van der Waals surface area contributed by atoms with Crippen molar-refractivity contribution in [2.75, 3.05) is 0 Å². The summed E-state index contributed by atoms with van der Waals surface area (Å²) in [6.07, 6.45) is 3.48. The number of fused-ring (bicyclic) bond motifs is 1. The van der Waals surface area contributed by atoms with Crippen LogP contribution in [-0.2, 0) is 16.0 Å². The largest absolute Gasteiger partial charge is 0.460 e. The van der Waals surface area contributed by atoms with Crippen LogP contribution in [0.25, 0.3) is 11.0 Å². The van der Waals surface area contributed by atoms with E-state index in [9.17, 15) is 4.79 Å². The fraction of sp³-hybridized carbons (Fsp3) is 0.357. The lowest BCUT2D eigenvalue weighted by molar-refractivity contribution is -0.153. The van der Waals surface area contributed by atoms with E-state index in [2.05, 4.69) is 9.97 Å². The lowest BCUT2D eigenvalue weighted by Crippen LogP contribution is -2.25. The van der Waals surface area contributed by atoms with Gasteiger partial charge in [-0.15, -0.1) is 0 Å². The van der Waals surface area contributed by atoms with E-state index in [0.717, 1.165) is 16.6 Å². The standard InChI is InChI=1S/C14H16N2O2/c1-14(2,3)18-12(17)9-10-5-4-6-11-13(10)16-8-7-15-11/h4-8H,9H2,1-3H3. The van der Waals surface area contributed by atoms with E-state index >= 15 is 0 Å². The predicted octanol–water partition coefficient (Wildman–Crippen LogP) is 2.51. The Morgan fingerprint density at radius 1 is 1.22 bits per heavy atom. The molecule has 0 amide bonds. The van der Waals surface area contributed by atoms with E-state index in [1.54, 1.807) is 12.4 Å². The Bertz CT molecular complexity index is 568. The summed E-state index contributed by atoms with van der Waals surface area (Å²) in [5, 5.41) is 0. The van der Waals surface area contributed by atoms with E-state index in [1.165, 1.54) is 0 Å². The third-order valence-corrected chi connectivity index (χ3v) is 2.34. The minimum absolute atomic E-state index is 0.216. The van der Waals surface area contributed by atoms with Crippen LogP contribution in [0.5, 0.6) is 0 Å². The zero-order valence-corrected chi connectivity index (χ0v) is 10.8. The van der Waals surface area contributed by atoms with Crippen LogP contribution in [0.1, 0.15) is 26.3 Å². The van der Waals surface area contributed by atoms with E-state index < -0.39 is 5.60 Å². The van der Waals surface area contributed by atoms with E-state index in [4.69, 9.17) is 4.74 Å². The van der Waals surface area contributed by atoms with E-state index in [1.807, 2.05) is 39.0 Å². The zero-order chi connectivity index (χ0) is 13.2. The molecule has 1 aromatic carbocycles. The highest BCUT2D eigenvalue weighted by atomic mass is 16.6. The second-order valence-electron chi connectivity index (χ2n) is 5.10. The van der Waals surface area contributed by atoms with Crippen molar-refractivity contribution >= 4 is 17.0 Å². The summed E-state index contributed by atoms with van der Waals surface area (Å²) < 4.78 is 5.30. The Morgan fingerprint density at radius 2 is 1.94 bits per heavy atom. The van der Waals surface area contributed by atoms with Crippen molar-refractivity contribution in [2.45, 2.75) is 32.8 Å². The Balaban J connectivity index is 2.24. The summed E-state index contributed by atoms with van der Waals surface area (Å²) in [7, 11) is 0. The van der Waals surface area contributed by atoms with Crippen LogP contribution in [0.3, 0.4) is 0 Å². The number of hydrogen-bond acceptors (Lipinski definition) is 4. The topological polar surface area (TPSA) is 52.1 Å². The van der Waals surface area contributed by atoms with E-state index in [-0.39, 0.29) is 12.4 Å². The maximum absolute atomic E-state index is 11.8. The highest BCUT2D eigenvalue weighted by Gasteiger charge is 2.17. The molecule has 18 heavy (non-hydrogen) atoms. The Kier molecular flexibility index (Phi) is 3.28. The van der Waals surface area contributed by atoms with Crippen LogP contribution >= 0.6 is 0 Å². The van der Waals surface area contributed by atoms with Gasteiger partial charge in [-0.3, -0.25) is 14.8 Å². The number of ether oxygens (including phenoxy) is 1. The molecule has 0 spiro atoms. The first-order valence-corrected chi connectivity index (χ1v) is 5.86. The van der Waals surface area contributed by atoms with Crippen molar-refractivity contribution in [3.63, 3.8) is 0 Å². The monoisotopic (exact) mass is 244 g/mol. The molecule has 0 radical (unpaired) electrons. The van der Waals surface area contributed by atoms with Crippen LogP contribution < -0.4 is 0 Å². The number of rotatable bonds is 2. The Hall–Kier alpha value is -1.97. The molecule has 0 bridgehead atoms. The first-order valence-electron chi connectivity index (χ1n) is 5.86. The lowest BCUT2D eigenvalue weighted by atomic mass is 10.1. The highest BCUT2D eigenvalue weighted by molar-refractivity contribution is 5.83. The minimum Gasteiger partial charge on any atom is -0.460 e. The summed E-state index contributed by atoms with van der Waals surface area (Å²) in [5.41, 5.74) is 1.92. The molecule has 0 saturated carbocycles. The molecule has 0 saturated heterocycles. The first-order chi connectivity index (χ1) is 8.46. The first kappa shape index (κ1) is 12.5. The molecular formula is C14H16N2O2. The summed E-state index contributed by atoms with van der Waals surface area (Å²) in [5.74, 6) is -0.249. The van der Waals surface area contributed by atoms with Gasteiger partial charge in [-0.05, 0) is 32.4 Å². The molecule has 2 aromatic rings. The fourth-order valence-corrected chi connectivity index (χ4v) is 1.73. The van der Waals surface area contributed by atoms with Gasteiger partial charge in [0.05, 0.1) is 17.5 Å². The van der Waals surface area contributed by atoms with Gasteiger partial charge in [0.25, 0.3) is 0 Å². The highest BCUT2D eigenvalue weighted by Crippen LogP contribution is 2.16. The SMILES string of the molecule is CC(C)(C)OC(=O)Cc1cccc2nccnc12. The Morgan fingerprint density at radius 3 is 2.67 bits per heavy atom. The zero-order valence-electron chi connectivity index (χ0n) is 10.8. The van der Waals surface area contributed by atoms with Crippen LogP contribution in [0, 0.1) is 0 Å². The molecule has 0 N–H and O–H groups in total. The average Bonchev–Trinajstić information content (AvgIpc) is 2.27. The molecule has 0 aliphatic rings. The number of esters is 1. The third-order valence-electron chi connectivity index (χ3n) is 2.34. The fourth-order valence-electron chi connectivity index (χ4n) is 1.73. The molecule has 94 valence electrons. The second-order valence-corrected chi connectivity index (χ2v) is 5.10. The predicted molar refractivity (Wildman–Crippen MR) is 69.1 cm³/mol. The maximum atomic E-state index is 11.8. The van der Waals surface area contributed by atoms with Crippen LogP contribution in [-0.4, -0.2) is 21.5 Å². The molecule has 0 aliphatic heterocycles. The van der Waals surface area contributed by atoms with Gasteiger partial charge in [0.15, 0.2) is 0 Å². The van der Waals surface area contributed by atoms with Gasteiger partial charge in [-0.2, -0.15) is 0 Å². The van der Waals surface area contributed by atoms with Gasteiger partial charge in [-0.1, -0.05) is 12.1 Å². The molecule has 1 heterocycles. The van der Waals surface area contributed by atoms with Gasteiger partial charge < -0.3 is 4.74 Å². The summed E-state index contributed by atoms with van der Waals surface area (Å²) in [6, 6.07) is 5.62. The summed E-state index contributed by atoms with van der Waals surface area (Å²) in [4.78, 5) is 20.3. The van der Waals surface area contributed by atoms with Crippen molar-refractivity contribution in [2.24, 2.45) is 0 Å². The molecule has 0 unspecified atom stereocenters. The number of carbonyl (C=O) groups is 1. The molecule has 0 atom stereocenters. The molecule has 1 aromatic heterocycles. The third kappa shape index (κ3) is 3.03. The van der Waals surface area contributed by atoms with Crippen molar-refractivity contribution in [1.29, 1.82) is 0 Å². The lowest BCUT2D eigenvalue weighted by Gasteiger charge is -2.19. The van der Waals surface area contributed by atoms with Crippen molar-refractivity contribution in [3.05, 3.63) is 36.2 Å².